The van der Waals surface area contributed by atoms with Crippen LogP contribution in [-0.2, 0) is 11.3 Å². The van der Waals surface area contributed by atoms with Crippen LogP contribution in [0.5, 0.6) is 5.75 Å². The van der Waals surface area contributed by atoms with Crippen molar-refractivity contribution in [1.29, 1.82) is 0 Å². The predicted molar refractivity (Wildman–Crippen MR) is 93.7 cm³/mol. The molecule has 27 heavy (non-hydrogen) atoms. The van der Waals surface area contributed by atoms with Crippen LogP contribution in [0.15, 0.2) is 45.7 Å². The van der Waals surface area contributed by atoms with E-state index in [4.69, 9.17) is 13.9 Å². The van der Waals surface area contributed by atoms with E-state index in [1.54, 1.807) is 30.5 Å². The van der Waals surface area contributed by atoms with Crippen molar-refractivity contribution in [3.63, 3.8) is 0 Å². The summed E-state index contributed by atoms with van der Waals surface area (Å²) in [7, 11) is 1.52. The summed E-state index contributed by atoms with van der Waals surface area (Å²) >= 11 is 0. The molecule has 0 aliphatic carbocycles. The highest BCUT2D eigenvalue weighted by atomic mass is 16.5. The molecule has 4 aromatic rings. The maximum absolute atomic E-state index is 12.3. The van der Waals surface area contributed by atoms with Gasteiger partial charge in [0.25, 0.3) is 11.6 Å². The molecule has 0 radical (unpaired) electrons. The van der Waals surface area contributed by atoms with Crippen LogP contribution < -0.4 is 10.4 Å². The van der Waals surface area contributed by atoms with E-state index in [1.165, 1.54) is 17.7 Å². The number of methoxy groups -OCH3 is 1. The van der Waals surface area contributed by atoms with Crippen molar-refractivity contribution >= 4 is 22.7 Å². The van der Waals surface area contributed by atoms with Gasteiger partial charge in [-0.05, 0) is 25.1 Å². The minimum Gasteiger partial charge on any atom is -0.497 e. The summed E-state index contributed by atoms with van der Waals surface area (Å²) in [6.45, 7) is 1.69. The molecule has 0 aliphatic rings. The van der Waals surface area contributed by atoms with Crippen molar-refractivity contribution in [3.8, 4) is 5.75 Å². The first-order valence-corrected chi connectivity index (χ1v) is 8.01. The van der Waals surface area contributed by atoms with Gasteiger partial charge in [0.15, 0.2) is 0 Å². The van der Waals surface area contributed by atoms with Crippen LogP contribution in [0.3, 0.4) is 0 Å². The summed E-state index contributed by atoms with van der Waals surface area (Å²) in [5, 5.41) is 4.74. The van der Waals surface area contributed by atoms with Crippen LogP contribution in [0.1, 0.15) is 21.9 Å². The predicted octanol–water partition coefficient (Wildman–Crippen LogP) is 1.90. The third kappa shape index (κ3) is 3.10. The summed E-state index contributed by atoms with van der Waals surface area (Å²) in [6, 6.07) is 8.09. The van der Waals surface area contributed by atoms with E-state index in [1.807, 2.05) is 6.92 Å². The lowest BCUT2D eigenvalue weighted by molar-refractivity contribution is 0.0459. The van der Waals surface area contributed by atoms with Crippen molar-refractivity contribution in [1.82, 2.24) is 19.6 Å². The molecule has 9 heteroatoms. The SMILES string of the molecule is COc1ccc2c(COC(=O)c3nc4nccc(C)n4n3)cc(=O)oc2c1. The smallest absolute Gasteiger partial charge is 0.378 e. The molecule has 0 saturated heterocycles. The van der Waals surface area contributed by atoms with Gasteiger partial charge in [0.05, 0.1) is 7.11 Å². The van der Waals surface area contributed by atoms with Gasteiger partial charge >= 0.3 is 11.6 Å². The molecule has 1 aromatic carbocycles. The quantitative estimate of drug-likeness (QED) is 0.398. The first-order chi connectivity index (χ1) is 13.0. The van der Waals surface area contributed by atoms with Gasteiger partial charge in [-0.1, -0.05) is 0 Å². The van der Waals surface area contributed by atoms with Crippen LogP contribution in [0, 0.1) is 6.92 Å². The largest absolute Gasteiger partial charge is 0.497 e. The molecule has 3 heterocycles. The summed E-state index contributed by atoms with van der Waals surface area (Å²) in [5.74, 6) is 0.0389. The highest BCUT2D eigenvalue weighted by Crippen LogP contribution is 2.23. The van der Waals surface area contributed by atoms with Gasteiger partial charge in [0.1, 0.15) is 17.9 Å². The Bertz CT molecular complexity index is 1230. The standard InChI is InChI=1S/C18H14N4O5/c1-10-5-6-19-18-20-16(21-22(10)18)17(24)26-9-11-7-15(23)27-14-8-12(25-2)3-4-13(11)14/h3-8H,9H2,1-2H3. The number of benzene rings is 1. The second kappa shape index (κ2) is 6.52. The number of fused-ring (bicyclic) bond motifs is 2. The van der Waals surface area contributed by atoms with E-state index in [0.29, 0.717) is 28.1 Å². The molecule has 136 valence electrons. The van der Waals surface area contributed by atoms with Crippen LogP contribution in [-0.4, -0.2) is 32.7 Å². The van der Waals surface area contributed by atoms with Gasteiger partial charge in [-0.3, -0.25) is 0 Å². The Kier molecular flexibility index (Phi) is 4.03. The topological polar surface area (TPSA) is 109 Å². The fourth-order valence-electron chi connectivity index (χ4n) is 2.66. The molecule has 3 aromatic heterocycles. The first-order valence-electron chi connectivity index (χ1n) is 8.01. The lowest BCUT2D eigenvalue weighted by Crippen LogP contribution is -2.09. The Morgan fingerprint density at radius 3 is 2.89 bits per heavy atom. The van der Waals surface area contributed by atoms with Gasteiger partial charge in [-0.25, -0.2) is 19.1 Å². The van der Waals surface area contributed by atoms with Crippen LogP contribution in [0.25, 0.3) is 16.7 Å². The number of carbonyl (C=O) groups excluding carboxylic acids is 1. The number of hydrogen-bond donors (Lipinski definition) is 0. The zero-order chi connectivity index (χ0) is 19.0. The molecule has 0 saturated carbocycles. The molecule has 0 N–H and O–H groups in total. The van der Waals surface area contributed by atoms with Gasteiger partial charge in [-0.15, -0.1) is 5.10 Å². The van der Waals surface area contributed by atoms with Gasteiger partial charge in [0, 0.05) is 35.0 Å². The number of carbonyl (C=O) groups is 1. The minimum atomic E-state index is -0.713. The van der Waals surface area contributed by atoms with Gasteiger partial charge < -0.3 is 13.9 Å². The summed E-state index contributed by atoms with van der Waals surface area (Å²) in [5.41, 5.74) is 1.09. The summed E-state index contributed by atoms with van der Waals surface area (Å²) < 4.78 is 17.0. The average Bonchev–Trinajstić information content (AvgIpc) is 3.11. The fourth-order valence-corrected chi connectivity index (χ4v) is 2.66. The van der Waals surface area contributed by atoms with E-state index >= 15 is 0 Å². The Labute approximate surface area is 152 Å². The van der Waals surface area contributed by atoms with Crippen LogP contribution in [0.4, 0.5) is 0 Å². The van der Waals surface area contributed by atoms with Gasteiger partial charge in [0.2, 0.25) is 0 Å². The maximum Gasteiger partial charge on any atom is 0.378 e. The van der Waals surface area contributed by atoms with Crippen molar-refractivity contribution in [3.05, 3.63) is 64.0 Å². The molecule has 0 unspecified atom stereocenters. The second-order valence-electron chi connectivity index (χ2n) is 5.76. The Hall–Kier alpha value is -3.75. The number of aromatic nitrogens is 4. The molecule has 0 bridgehead atoms. The molecule has 0 fully saturated rings. The molecule has 0 amide bonds. The normalized spacial score (nSPS) is 11.0. The van der Waals surface area contributed by atoms with Crippen LogP contribution in [0.2, 0.25) is 0 Å². The number of aryl methyl sites for hydroxylation is 1. The molecule has 0 atom stereocenters. The Balaban J connectivity index is 1.61. The van der Waals surface area contributed by atoms with Crippen molar-refractivity contribution in [2.75, 3.05) is 7.11 Å². The monoisotopic (exact) mass is 366 g/mol. The zero-order valence-corrected chi connectivity index (χ0v) is 14.5. The van der Waals surface area contributed by atoms with Crippen LogP contribution >= 0.6 is 0 Å². The number of hydrogen-bond acceptors (Lipinski definition) is 8. The number of nitrogens with zero attached hydrogens (tertiary/aromatic N) is 4. The number of ether oxygens (including phenoxy) is 2. The minimum absolute atomic E-state index is 0.106. The second-order valence-corrected chi connectivity index (χ2v) is 5.76. The third-order valence-corrected chi connectivity index (χ3v) is 4.01. The molecular weight excluding hydrogens is 352 g/mol. The Morgan fingerprint density at radius 1 is 1.26 bits per heavy atom. The van der Waals surface area contributed by atoms with E-state index in [0.717, 1.165) is 5.69 Å². The highest BCUT2D eigenvalue weighted by molar-refractivity contribution is 5.86. The molecular formula is C18H14N4O5. The molecule has 0 aliphatic heterocycles. The van der Waals surface area contributed by atoms with Crippen molar-refractivity contribution in [2.24, 2.45) is 0 Å². The first kappa shape index (κ1) is 16.7. The lowest BCUT2D eigenvalue weighted by Gasteiger charge is -2.07. The summed E-state index contributed by atoms with van der Waals surface area (Å²) in [4.78, 5) is 32.2. The Morgan fingerprint density at radius 2 is 2.11 bits per heavy atom. The molecule has 9 nitrogen and oxygen atoms in total. The molecule has 0 spiro atoms. The number of esters is 1. The third-order valence-electron chi connectivity index (χ3n) is 4.01. The molecule has 4 rings (SSSR count). The van der Waals surface area contributed by atoms with E-state index in [-0.39, 0.29) is 12.4 Å². The van der Waals surface area contributed by atoms with E-state index in [2.05, 4.69) is 15.1 Å². The van der Waals surface area contributed by atoms with Gasteiger partial charge in [-0.2, -0.15) is 4.98 Å². The van der Waals surface area contributed by atoms with E-state index < -0.39 is 11.6 Å². The summed E-state index contributed by atoms with van der Waals surface area (Å²) in [6.07, 6.45) is 1.58. The lowest BCUT2D eigenvalue weighted by atomic mass is 10.1. The van der Waals surface area contributed by atoms with Crippen molar-refractivity contribution in [2.45, 2.75) is 13.5 Å². The highest BCUT2D eigenvalue weighted by Gasteiger charge is 2.17. The average molecular weight is 366 g/mol. The maximum atomic E-state index is 12.3. The zero-order valence-electron chi connectivity index (χ0n) is 14.5. The van der Waals surface area contributed by atoms with Crippen molar-refractivity contribution < 1.29 is 18.7 Å². The fraction of sp³-hybridized carbons (Fsp3) is 0.167. The number of rotatable bonds is 4. The van der Waals surface area contributed by atoms with E-state index in [9.17, 15) is 9.59 Å².